The summed E-state index contributed by atoms with van der Waals surface area (Å²) < 4.78 is 26.5. The molecule has 0 saturated carbocycles. The summed E-state index contributed by atoms with van der Waals surface area (Å²) in [6.07, 6.45) is -3.68. The van der Waals surface area contributed by atoms with Gasteiger partial charge >= 0.3 is 11.9 Å². The smallest absolute Gasteiger partial charge is 0.305 e. The van der Waals surface area contributed by atoms with Gasteiger partial charge in [-0.15, -0.1) is 0 Å². The Morgan fingerprint density at radius 2 is 1.24 bits per heavy atom. The predicted molar refractivity (Wildman–Crippen MR) is 372 cm³/mol. The summed E-state index contributed by atoms with van der Waals surface area (Å²) >= 11 is 0. The number of rotatable bonds is 42. The lowest BCUT2D eigenvalue weighted by Gasteiger charge is -2.34. The number of nitrogens with two attached hydrogens (primary N) is 2. The van der Waals surface area contributed by atoms with Crippen LogP contribution in [0.4, 0.5) is 4.39 Å². The molecule has 1 aromatic heterocycles. The molecule has 5 rings (SSSR count). The van der Waals surface area contributed by atoms with Crippen LogP contribution >= 0.6 is 0 Å². The number of methoxy groups -OCH3 is 1. The molecule has 0 spiro atoms. The predicted octanol–water partition coefficient (Wildman–Crippen LogP) is -2.78. The maximum absolute atomic E-state index is 15.5. The first-order valence-electron chi connectivity index (χ1n) is 33.2. The van der Waals surface area contributed by atoms with E-state index < -0.39 is 200 Å². The van der Waals surface area contributed by atoms with Crippen molar-refractivity contribution in [2.45, 2.75) is 165 Å². The van der Waals surface area contributed by atoms with Gasteiger partial charge in [-0.2, -0.15) is 0 Å². The van der Waals surface area contributed by atoms with Crippen LogP contribution in [0.15, 0.2) is 110 Å². The van der Waals surface area contributed by atoms with Crippen molar-refractivity contribution in [2.24, 2.45) is 11.5 Å². The summed E-state index contributed by atoms with van der Waals surface area (Å²) in [5.74, 6) is -16.2. The molecule has 0 fully saturated rings. The Kier molecular flexibility index (Phi) is 32.1. The maximum Gasteiger partial charge on any atom is 0.305 e. The van der Waals surface area contributed by atoms with E-state index in [1.165, 1.54) is 51.7 Å². The molecule has 11 atom stereocenters. The van der Waals surface area contributed by atoms with E-state index in [1.54, 1.807) is 60.7 Å². The number of carbonyl (C=O) groups is 13. The lowest BCUT2D eigenvalue weighted by molar-refractivity contribution is -0.142. The number of aromatic nitrogens is 2. The van der Waals surface area contributed by atoms with Crippen LogP contribution in [-0.4, -0.2) is 211 Å². The Morgan fingerprint density at radius 3 is 1.83 bits per heavy atom. The molecule has 0 aliphatic rings. The fraction of sp³-hybridized carbons (Fsp3) is 0.429. The fourth-order valence-electron chi connectivity index (χ4n) is 10.5. The van der Waals surface area contributed by atoms with Gasteiger partial charge in [-0.25, -0.2) is 9.37 Å². The van der Waals surface area contributed by atoms with E-state index in [4.69, 9.17) is 20.9 Å². The zero-order chi connectivity index (χ0) is 77.9. The second-order valence-electron chi connectivity index (χ2n) is 25.4. The number of carbonyl (C=O) groups excluding carboxylic acids is 11. The number of aliphatic hydroxyl groups is 3. The van der Waals surface area contributed by atoms with Crippen molar-refractivity contribution < 1.29 is 102 Å². The van der Waals surface area contributed by atoms with Crippen molar-refractivity contribution in [3.05, 3.63) is 143 Å². The molecule has 1 heterocycles. The summed E-state index contributed by atoms with van der Waals surface area (Å²) in [6.45, 7) is 4.88. The Labute approximate surface area is 602 Å². The molecular weight excluding hydrogens is 1380 g/mol. The molecule has 20 N–H and O–H groups in total. The second-order valence-corrected chi connectivity index (χ2v) is 25.4. The monoisotopic (exact) mass is 1470 g/mol. The van der Waals surface area contributed by atoms with Crippen molar-refractivity contribution in [3.8, 4) is 16.9 Å². The summed E-state index contributed by atoms with van der Waals surface area (Å²) in [5, 5.41) is 74.7. The van der Waals surface area contributed by atoms with Gasteiger partial charge in [0, 0.05) is 31.9 Å². The number of aliphatic carboxylic acids is 2. The number of aliphatic hydroxyl groups excluding tert-OH is 3. The Balaban J connectivity index is 1.32. The molecule has 105 heavy (non-hydrogen) atoms. The highest BCUT2D eigenvalue weighted by atomic mass is 19.1. The van der Waals surface area contributed by atoms with Crippen molar-refractivity contribution >= 4 is 76.9 Å². The Bertz CT molecular complexity index is 3860. The van der Waals surface area contributed by atoms with Gasteiger partial charge in [-0.3, -0.25) is 62.3 Å². The zero-order valence-corrected chi connectivity index (χ0v) is 58.8. The number of nitrogens with zero attached hydrogens (tertiary/aromatic N) is 1. The lowest BCUT2D eigenvalue weighted by atomic mass is 9.90. The molecule has 0 unspecified atom stereocenters. The van der Waals surface area contributed by atoms with Gasteiger partial charge in [0.1, 0.15) is 64.9 Å². The zero-order valence-electron chi connectivity index (χ0n) is 58.8. The molecule has 4 aromatic carbocycles. The van der Waals surface area contributed by atoms with Crippen molar-refractivity contribution in [3.63, 3.8) is 0 Å². The number of halogens is 1. The molecule has 0 aliphatic carbocycles. The minimum atomic E-state index is -2.43. The van der Waals surface area contributed by atoms with Crippen LogP contribution in [0, 0.1) is 5.82 Å². The third-order valence-corrected chi connectivity index (χ3v) is 16.5. The van der Waals surface area contributed by atoms with Crippen LogP contribution in [0.25, 0.3) is 11.1 Å². The maximum atomic E-state index is 15.5. The SMILES string of the molecule is CCc1cc(OC)ccc1-c1ccc(C[C@H](NC(=O)[C@H](CC(=O)O)NC(=O)[C@H](CO)NC(=O)[C@@H](NC(=O)[C@](C)(Cc2ccccc2F)NC(=O)[C@@H](NC(=O)CNC(=O)[C@H](CCC(=O)O)NC(=O)C(C)(C)NC(=O)[C@@H](N)Cc2c[nH]cn2)[C@@H](C)O)[C@@H](C)O)C(=O)N[C@@H](COCc2ccccc2)C(N)=O)cc1. The van der Waals surface area contributed by atoms with Gasteiger partial charge in [0.2, 0.25) is 65.0 Å². The third-order valence-electron chi connectivity index (χ3n) is 16.5. The van der Waals surface area contributed by atoms with Crippen LogP contribution in [-0.2, 0) is 99.4 Å². The standard InChI is InChI=1S/C70H91FN14O20/c1-8-41-27-45(104-7)22-23-46(41)42-20-18-39(19-21-42)26-50(62(97)80-53(59(73)94)35-105-34-40-14-10-9-11-15-40)77-63(98)51(29-56(92)93)78-64(99)52(33-86)79-65(100)57(37(2)87)83-68(103)70(6,30-43-16-12-13-17-47(43)71)85-66(101)58(38(3)88)82-54(89)32-75-61(96)49(24-25-55(90)91)81-67(102)69(4,5)84-60(95)48(72)28-44-31-74-36-76-44/h9-23,27,31,36-38,48-53,57-58,86-88H,8,24-26,28-30,32-35,72H2,1-7H3,(H2,73,94)(H,74,76)(H,75,96)(H,77,98)(H,78,99)(H,79,100)(H,80,97)(H,81,102)(H,82,89)(H,83,103)(H,84,95)(H,85,101)(H,90,91)(H,92,93)/t37-,38-,48+,49+,50+,51+,52+,53+,57+,58+,70+/m1/s1. The first-order valence-corrected chi connectivity index (χ1v) is 33.2. The van der Waals surface area contributed by atoms with Crippen LogP contribution in [0.5, 0.6) is 5.75 Å². The second kappa shape index (κ2) is 40.0. The number of primary amides is 1. The largest absolute Gasteiger partial charge is 0.497 e. The summed E-state index contributed by atoms with van der Waals surface area (Å²) in [6, 6.07) is 11.8. The van der Waals surface area contributed by atoms with E-state index in [0.29, 0.717) is 23.4 Å². The minimum absolute atomic E-state index is 0.0111. The van der Waals surface area contributed by atoms with Gasteiger partial charge in [-0.1, -0.05) is 85.8 Å². The molecule has 0 saturated heterocycles. The Morgan fingerprint density at radius 1 is 0.629 bits per heavy atom. The van der Waals surface area contributed by atoms with Crippen molar-refractivity contribution in [1.29, 1.82) is 0 Å². The van der Waals surface area contributed by atoms with Gasteiger partial charge in [0.25, 0.3) is 0 Å². The van der Waals surface area contributed by atoms with Crippen LogP contribution in [0.2, 0.25) is 0 Å². The number of carboxylic acids is 2. The van der Waals surface area contributed by atoms with E-state index in [1.807, 2.05) is 19.1 Å². The summed E-state index contributed by atoms with van der Waals surface area (Å²) in [5.41, 5.74) is 11.5. The minimum Gasteiger partial charge on any atom is -0.497 e. The quantitative estimate of drug-likeness (QED) is 0.0188. The van der Waals surface area contributed by atoms with Gasteiger partial charge in [-0.05, 0) is 99.0 Å². The van der Waals surface area contributed by atoms with E-state index in [-0.39, 0.29) is 25.0 Å². The number of aryl methyl sites for hydroxylation is 1. The van der Waals surface area contributed by atoms with Gasteiger partial charge in [0.05, 0.1) is 70.2 Å². The number of aromatic amines is 1. The first-order chi connectivity index (χ1) is 49.6. The number of H-pyrrole nitrogens is 1. The number of hydrogen-bond acceptors (Lipinski definition) is 20. The normalized spacial score (nSPS) is 14.7. The highest BCUT2D eigenvalue weighted by Gasteiger charge is 2.43. The van der Waals surface area contributed by atoms with Crippen LogP contribution < -0.4 is 69.4 Å². The number of carboxylic acid groups (broad SMARTS) is 2. The molecule has 5 aromatic rings. The number of ether oxygens (including phenoxy) is 2. The summed E-state index contributed by atoms with van der Waals surface area (Å²) in [4.78, 5) is 182. The van der Waals surface area contributed by atoms with Crippen molar-refractivity contribution in [1.82, 2.24) is 63.1 Å². The topological polar surface area (TPSA) is 543 Å². The van der Waals surface area contributed by atoms with E-state index >= 15 is 4.39 Å². The summed E-state index contributed by atoms with van der Waals surface area (Å²) in [7, 11) is 1.54. The highest BCUT2D eigenvalue weighted by molar-refractivity contribution is 6.01. The Hall–Kier alpha value is -11.3. The van der Waals surface area contributed by atoms with Gasteiger partial charge < -0.3 is 105 Å². The van der Waals surface area contributed by atoms with Crippen LogP contribution in [0.3, 0.4) is 0 Å². The van der Waals surface area contributed by atoms with Crippen molar-refractivity contribution in [2.75, 3.05) is 26.9 Å². The highest BCUT2D eigenvalue weighted by Crippen LogP contribution is 2.29. The molecule has 568 valence electrons. The van der Waals surface area contributed by atoms with E-state index in [2.05, 4.69) is 63.1 Å². The average molecular weight is 1470 g/mol. The molecule has 11 amide bonds. The van der Waals surface area contributed by atoms with Gasteiger partial charge in [0.15, 0.2) is 0 Å². The molecule has 0 radical (unpaired) electrons. The lowest BCUT2D eigenvalue weighted by Crippen LogP contribution is -2.67. The average Bonchev–Trinajstić information content (AvgIpc) is 1.08. The van der Waals surface area contributed by atoms with E-state index in [0.717, 1.165) is 49.1 Å². The fourth-order valence-corrected chi connectivity index (χ4v) is 10.5. The number of imidazole rings is 1. The first kappa shape index (κ1) is 84.4. The third kappa shape index (κ3) is 26.2. The number of nitrogens with one attached hydrogen (secondary N) is 11. The number of benzene rings is 4. The number of hydrogen-bond donors (Lipinski definition) is 18. The van der Waals surface area contributed by atoms with Crippen LogP contribution in [0.1, 0.15) is 88.8 Å². The molecule has 34 nitrogen and oxygen atoms in total. The molecule has 35 heteroatoms. The molecule has 0 aliphatic heterocycles. The molecular formula is C70H91FN14O20. The molecule has 0 bridgehead atoms. The number of amides is 11. The van der Waals surface area contributed by atoms with E-state index in [9.17, 15) is 87.9 Å².